The Morgan fingerprint density at radius 1 is 1.42 bits per heavy atom. The quantitative estimate of drug-likeness (QED) is 0.546. The Kier molecular flexibility index (Phi) is 6.66. The molecule has 0 amide bonds. The van der Waals surface area contributed by atoms with E-state index in [4.69, 9.17) is 21.1 Å². The van der Waals surface area contributed by atoms with Crippen molar-refractivity contribution in [2.24, 2.45) is 0 Å². The molecule has 0 saturated carbocycles. The molecule has 1 aromatic heterocycles. The van der Waals surface area contributed by atoms with Crippen LogP contribution in [0.25, 0.3) is 5.76 Å². The smallest absolute Gasteiger partial charge is 0.223 e. The molecule has 0 radical (unpaired) electrons. The van der Waals surface area contributed by atoms with Crippen LogP contribution >= 0.6 is 11.6 Å². The number of alkyl halides is 2. The van der Waals surface area contributed by atoms with Crippen LogP contribution in [0.1, 0.15) is 18.3 Å². The summed E-state index contributed by atoms with van der Waals surface area (Å²) >= 11 is 5.75. The molecule has 106 valence electrons. The average Bonchev–Trinajstić information content (AvgIpc) is 2.39. The first kappa shape index (κ1) is 15.8. The summed E-state index contributed by atoms with van der Waals surface area (Å²) in [7, 11) is 0. The molecule has 4 nitrogen and oxygen atoms in total. The van der Waals surface area contributed by atoms with Crippen molar-refractivity contribution in [1.29, 1.82) is 0 Å². The Morgan fingerprint density at radius 2 is 2.11 bits per heavy atom. The van der Waals surface area contributed by atoms with E-state index in [0.29, 0.717) is 23.8 Å². The monoisotopic (exact) mass is 292 g/mol. The number of aromatic nitrogens is 2. The Hall–Kier alpha value is -1.27. The van der Waals surface area contributed by atoms with Crippen LogP contribution in [0.5, 0.6) is 0 Å². The number of rotatable bonds is 8. The summed E-state index contributed by atoms with van der Waals surface area (Å²) in [6, 6.07) is 1.55. The van der Waals surface area contributed by atoms with Crippen LogP contribution in [0.3, 0.4) is 0 Å². The van der Waals surface area contributed by atoms with Crippen molar-refractivity contribution in [2.75, 3.05) is 20.0 Å². The van der Waals surface area contributed by atoms with Gasteiger partial charge in [0.1, 0.15) is 30.9 Å². The van der Waals surface area contributed by atoms with Gasteiger partial charge in [-0.15, -0.1) is 0 Å². The van der Waals surface area contributed by atoms with Crippen LogP contribution in [-0.2, 0) is 16.1 Å². The highest BCUT2D eigenvalue weighted by Gasteiger charge is 2.11. The lowest BCUT2D eigenvalue weighted by Gasteiger charge is -2.11. The molecule has 1 rings (SSSR count). The second-order valence-corrected chi connectivity index (χ2v) is 3.95. The fourth-order valence-electron chi connectivity index (χ4n) is 1.26. The zero-order chi connectivity index (χ0) is 14.3. The molecule has 0 saturated heterocycles. The highest BCUT2D eigenvalue weighted by atomic mass is 35.5. The van der Waals surface area contributed by atoms with E-state index >= 15 is 0 Å². The van der Waals surface area contributed by atoms with Gasteiger partial charge in [-0.2, -0.15) is 0 Å². The molecular formula is C12H15ClF2N2O2. The summed E-state index contributed by atoms with van der Waals surface area (Å²) in [5, 5.41) is -0.00556. The molecule has 7 heteroatoms. The maximum Gasteiger partial charge on any atom is 0.223 e. The summed E-state index contributed by atoms with van der Waals surface area (Å²) < 4.78 is 34.8. The predicted octanol–water partition coefficient (Wildman–Crippen LogP) is 2.96. The maximum absolute atomic E-state index is 12.3. The molecule has 0 spiro atoms. The van der Waals surface area contributed by atoms with Crippen LogP contribution in [0.4, 0.5) is 8.78 Å². The van der Waals surface area contributed by atoms with E-state index in [-0.39, 0.29) is 11.9 Å². The van der Waals surface area contributed by atoms with Crippen molar-refractivity contribution in [3.05, 3.63) is 29.3 Å². The van der Waals surface area contributed by atoms with Gasteiger partial charge in [-0.05, 0) is 24.6 Å². The van der Waals surface area contributed by atoms with Crippen molar-refractivity contribution in [2.45, 2.75) is 19.6 Å². The zero-order valence-electron chi connectivity index (χ0n) is 10.5. The van der Waals surface area contributed by atoms with Crippen molar-refractivity contribution < 1.29 is 18.3 Å². The van der Waals surface area contributed by atoms with Gasteiger partial charge in [0.15, 0.2) is 0 Å². The molecule has 0 N–H and O–H groups in total. The standard InChI is InChI=1S/C12H15ClF2N2O2/c1-3-18-8(2)11-4-9(16-12(13)17-11)7-19-10(5-14)6-15/h4,10H,2-3,5-7H2,1H3. The van der Waals surface area contributed by atoms with Crippen LogP contribution in [-0.4, -0.2) is 36.0 Å². The van der Waals surface area contributed by atoms with E-state index in [1.807, 2.05) is 6.92 Å². The molecule has 0 aliphatic heterocycles. The summed E-state index contributed by atoms with van der Waals surface area (Å²) in [5.74, 6) is 0.348. The van der Waals surface area contributed by atoms with E-state index in [2.05, 4.69) is 16.5 Å². The van der Waals surface area contributed by atoms with Crippen molar-refractivity contribution in [1.82, 2.24) is 9.97 Å². The Morgan fingerprint density at radius 3 is 2.68 bits per heavy atom. The third kappa shape index (κ3) is 5.08. The number of ether oxygens (including phenoxy) is 2. The molecule has 1 heterocycles. The molecule has 0 aliphatic rings. The Bertz CT molecular complexity index is 428. The van der Waals surface area contributed by atoms with Gasteiger partial charge in [-0.3, -0.25) is 0 Å². The second kappa shape index (κ2) is 8.01. The maximum atomic E-state index is 12.3. The summed E-state index contributed by atoms with van der Waals surface area (Å²) in [6.07, 6.45) is -1.09. The highest BCUT2D eigenvalue weighted by Crippen LogP contribution is 2.15. The zero-order valence-corrected chi connectivity index (χ0v) is 11.3. The van der Waals surface area contributed by atoms with Gasteiger partial charge in [-0.25, -0.2) is 18.7 Å². The summed E-state index contributed by atoms with van der Waals surface area (Å²) in [4.78, 5) is 7.85. The highest BCUT2D eigenvalue weighted by molar-refractivity contribution is 6.28. The molecular weight excluding hydrogens is 278 g/mol. The van der Waals surface area contributed by atoms with Gasteiger partial charge < -0.3 is 9.47 Å². The molecule has 19 heavy (non-hydrogen) atoms. The van der Waals surface area contributed by atoms with Gasteiger partial charge in [0.25, 0.3) is 0 Å². The molecule has 0 atom stereocenters. The van der Waals surface area contributed by atoms with E-state index in [1.165, 1.54) is 0 Å². The first-order valence-electron chi connectivity index (χ1n) is 5.69. The molecule has 0 unspecified atom stereocenters. The van der Waals surface area contributed by atoms with E-state index < -0.39 is 19.5 Å². The molecule has 0 bridgehead atoms. The lowest BCUT2D eigenvalue weighted by Crippen LogP contribution is -2.18. The molecule has 0 aromatic carbocycles. The SMILES string of the molecule is C=C(OCC)c1cc(COC(CF)CF)nc(Cl)n1. The number of hydrogen-bond acceptors (Lipinski definition) is 4. The second-order valence-electron chi connectivity index (χ2n) is 3.61. The Balaban J connectivity index is 2.76. The lowest BCUT2D eigenvalue weighted by molar-refractivity contribution is 0.00759. The minimum atomic E-state index is -1.09. The number of nitrogens with zero attached hydrogens (tertiary/aromatic N) is 2. The summed E-state index contributed by atoms with van der Waals surface area (Å²) in [6.45, 7) is 4.09. The molecule has 1 aromatic rings. The average molecular weight is 293 g/mol. The van der Waals surface area contributed by atoms with Gasteiger partial charge >= 0.3 is 0 Å². The predicted molar refractivity (Wildman–Crippen MR) is 68.2 cm³/mol. The number of halogens is 3. The van der Waals surface area contributed by atoms with Crippen LogP contribution in [0, 0.1) is 0 Å². The van der Waals surface area contributed by atoms with Gasteiger partial charge in [0, 0.05) is 0 Å². The van der Waals surface area contributed by atoms with Gasteiger partial charge in [0.2, 0.25) is 5.28 Å². The normalized spacial score (nSPS) is 10.8. The third-order valence-electron chi connectivity index (χ3n) is 2.17. The minimum Gasteiger partial charge on any atom is -0.492 e. The first-order valence-corrected chi connectivity index (χ1v) is 6.07. The van der Waals surface area contributed by atoms with Crippen molar-refractivity contribution in [3.63, 3.8) is 0 Å². The van der Waals surface area contributed by atoms with Crippen LogP contribution < -0.4 is 0 Å². The lowest BCUT2D eigenvalue weighted by atomic mass is 10.3. The minimum absolute atomic E-state index is 0.00556. The van der Waals surface area contributed by atoms with Crippen LogP contribution in [0.2, 0.25) is 5.28 Å². The van der Waals surface area contributed by atoms with Crippen molar-refractivity contribution >= 4 is 17.4 Å². The Labute approximate surface area is 115 Å². The number of hydrogen-bond donors (Lipinski definition) is 0. The van der Waals surface area contributed by atoms with Gasteiger partial charge in [0.05, 0.1) is 18.9 Å². The topological polar surface area (TPSA) is 44.2 Å². The summed E-state index contributed by atoms with van der Waals surface area (Å²) in [5.41, 5.74) is 0.820. The van der Waals surface area contributed by atoms with Crippen molar-refractivity contribution in [3.8, 4) is 0 Å². The van der Waals surface area contributed by atoms with E-state index in [9.17, 15) is 8.78 Å². The van der Waals surface area contributed by atoms with Crippen LogP contribution in [0.15, 0.2) is 12.6 Å². The molecule has 0 fully saturated rings. The fraction of sp³-hybridized carbons (Fsp3) is 0.500. The van der Waals surface area contributed by atoms with E-state index in [1.54, 1.807) is 6.07 Å². The first-order chi connectivity index (χ1) is 9.10. The third-order valence-corrected chi connectivity index (χ3v) is 2.34. The van der Waals surface area contributed by atoms with E-state index in [0.717, 1.165) is 0 Å². The largest absolute Gasteiger partial charge is 0.492 e. The van der Waals surface area contributed by atoms with Gasteiger partial charge in [-0.1, -0.05) is 6.58 Å². The fourth-order valence-corrected chi connectivity index (χ4v) is 1.46. The molecule has 0 aliphatic carbocycles.